The number of nitrogens with zero attached hydrogens (tertiary/aromatic N) is 2. The SMILES string of the molecule is CCSc1ccc(-c2noc(C3COCCC3O)n2)cc1. The van der Waals surface area contributed by atoms with Crippen molar-refractivity contribution in [3.05, 3.63) is 30.2 Å². The Labute approximate surface area is 127 Å². The van der Waals surface area contributed by atoms with Crippen LogP contribution in [0.15, 0.2) is 33.7 Å². The van der Waals surface area contributed by atoms with Crippen molar-refractivity contribution in [2.24, 2.45) is 0 Å². The lowest BCUT2D eigenvalue weighted by Crippen LogP contribution is -2.30. The fourth-order valence-electron chi connectivity index (χ4n) is 2.33. The van der Waals surface area contributed by atoms with Crippen LogP contribution in [0.4, 0.5) is 0 Å². The van der Waals surface area contributed by atoms with Crippen LogP contribution in [0.5, 0.6) is 0 Å². The molecule has 0 bridgehead atoms. The van der Waals surface area contributed by atoms with Gasteiger partial charge in [-0.1, -0.05) is 12.1 Å². The van der Waals surface area contributed by atoms with Gasteiger partial charge < -0.3 is 14.4 Å². The molecule has 0 amide bonds. The monoisotopic (exact) mass is 306 g/mol. The first-order chi connectivity index (χ1) is 10.3. The maximum Gasteiger partial charge on any atom is 0.235 e. The molecule has 1 fully saturated rings. The second-order valence-corrected chi connectivity index (χ2v) is 6.29. The molecule has 0 aliphatic carbocycles. The molecule has 21 heavy (non-hydrogen) atoms. The molecule has 3 rings (SSSR count). The Kier molecular flexibility index (Phi) is 4.57. The Morgan fingerprint density at radius 1 is 1.33 bits per heavy atom. The summed E-state index contributed by atoms with van der Waals surface area (Å²) in [7, 11) is 0. The minimum absolute atomic E-state index is 0.227. The molecule has 1 N–H and O–H groups in total. The van der Waals surface area contributed by atoms with Crippen LogP contribution in [0, 0.1) is 0 Å². The summed E-state index contributed by atoms with van der Waals surface area (Å²) in [5, 5.41) is 14.0. The van der Waals surface area contributed by atoms with Crippen molar-refractivity contribution >= 4 is 11.8 Å². The number of hydrogen-bond acceptors (Lipinski definition) is 6. The summed E-state index contributed by atoms with van der Waals surface area (Å²) in [5.41, 5.74) is 0.914. The van der Waals surface area contributed by atoms with E-state index in [2.05, 4.69) is 29.2 Å². The van der Waals surface area contributed by atoms with Crippen molar-refractivity contribution < 1.29 is 14.4 Å². The van der Waals surface area contributed by atoms with Crippen LogP contribution >= 0.6 is 11.8 Å². The molecule has 0 radical (unpaired) electrons. The summed E-state index contributed by atoms with van der Waals surface area (Å²) >= 11 is 1.79. The van der Waals surface area contributed by atoms with Crippen molar-refractivity contribution in [3.8, 4) is 11.4 Å². The van der Waals surface area contributed by atoms with Crippen LogP contribution in [0.3, 0.4) is 0 Å². The molecular weight excluding hydrogens is 288 g/mol. The first kappa shape index (κ1) is 14.6. The van der Waals surface area contributed by atoms with Gasteiger partial charge in [0.25, 0.3) is 0 Å². The molecule has 2 aromatic rings. The zero-order valence-electron chi connectivity index (χ0n) is 11.9. The second kappa shape index (κ2) is 6.60. The van der Waals surface area contributed by atoms with Gasteiger partial charge in [-0.25, -0.2) is 0 Å². The first-order valence-electron chi connectivity index (χ1n) is 7.10. The second-order valence-electron chi connectivity index (χ2n) is 4.95. The van der Waals surface area contributed by atoms with E-state index in [4.69, 9.17) is 9.26 Å². The Morgan fingerprint density at radius 2 is 2.14 bits per heavy atom. The van der Waals surface area contributed by atoms with Crippen LogP contribution in [0.1, 0.15) is 25.2 Å². The molecule has 1 aromatic carbocycles. The van der Waals surface area contributed by atoms with E-state index in [0.717, 1.165) is 11.3 Å². The fraction of sp³-hybridized carbons (Fsp3) is 0.467. The Balaban J connectivity index is 1.77. The van der Waals surface area contributed by atoms with E-state index in [1.807, 2.05) is 12.1 Å². The lowest BCUT2D eigenvalue weighted by atomic mass is 9.99. The molecule has 1 aromatic heterocycles. The number of aliphatic hydroxyl groups excluding tert-OH is 1. The van der Waals surface area contributed by atoms with E-state index in [1.165, 1.54) is 4.90 Å². The lowest BCUT2D eigenvalue weighted by Gasteiger charge is -2.24. The molecular formula is C15H18N2O3S. The molecule has 1 aliphatic heterocycles. The van der Waals surface area contributed by atoms with E-state index in [9.17, 15) is 5.11 Å². The highest BCUT2D eigenvalue weighted by Gasteiger charge is 2.30. The van der Waals surface area contributed by atoms with Crippen molar-refractivity contribution in [3.63, 3.8) is 0 Å². The summed E-state index contributed by atoms with van der Waals surface area (Å²) < 4.78 is 10.7. The third-order valence-corrected chi connectivity index (χ3v) is 4.40. The van der Waals surface area contributed by atoms with Gasteiger partial charge >= 0.3 is 0 Å². The summed E-state index contributed by atoms with van der Waals surface area (Å²) in [6, 6.07) is 8.08. The van der Waals surface area contributed by atoms with Crippen molar-refractivity contribution in [1.29, 1.82) is 0 Å². The number of benzene rings is 1. The summed E-state index contributed by atoms with van der Waals surface area (Å²) in [6.45, 7) is 3.13. The van der Waals surface area contributed by atoms with Crippen molar-refractivity contribution in [2.75, 3.05) is 19.0 Å². The average molecular weight is 306 g/mol. The third kappa shape index (κ3) is 3.28. The summed E-state index contributed by atoms with van der Waals surface area (Å²) in [4.78, 5) is 5.63. The van der Waals surface area contributed by atoms with E-state index in [1.54, 1.807) is 11.8 Å². The van der Waals surface area contributed by atoms with E-state index >= 15 is 0 Å². The van der Waals surface area contributed by atoms with Gasteiger partial charge in [-0.05, 0) is 36.4 Å². The molecule has 5 nitrogen and oxygen atoms in total. The predicted molar refractivity (Wildman–Crippen MR) is 80.3 cm³/mol. The van der Waals surface area contributed by atoms with Gasteiger partial charge in [0, 0.05) is 17.1 Å². The van der Waals surface area contributed by atoms with Gasteiger partial charge in [0.15, 0.2) is 0 Å². The molecule has 1 aliphatic rings. The number of thioether (sulfide) groups is 1. The van der Waals surface area contributed by atoms with Gasteiger partial charge in [-0.3, -0.25) is 0 Å². The Bertz CT molecular complexity index is 585. The molecule has 0 spiro atoms. The Hall–Kier alpha value is -1.37. The van der Waals surface area contributed by atoms with E-state index in [0.29, 0.717) is 31.3 Å². The molecule has 2 unspecified atom stereocenters. The highest BCUT2D eigenvalue weighted by Crippen LogP contribution is 2.27. The largest absolute Gasteiger partial charge is 0.392 e. The average Bonchev–Trinajstić information content (AvgIpc) is 2.98. The molecule has 2 heterocycles. The zero-order valence-corrected chi connectivity index (χ0v) is 12.7. The number of rotatable bonds is 4. The molecule has 2 atom stereocenters. The number of aromatic nitrogens is 2. The van der Waals surface area contributed by atoms with Gasteiger partial charge in [0.1, 0.15) is 0 Å². The van der Waals surface area contributed by atoms with Crippen molar-refractivity contribution in [2.45, 2.75) is 30.3 Å². The maximum atomic E-state index is 9.99. The van der Waals surface area contributed by atoms with Crippen LogP contribution in [0.25, 0.3) is 11.4 Å². The Morgan fingerprint density at radius 3 is 2.86 bits per heavy atom. The van der Waals surface area contributed by atoms with Gasteiger partial charge in [-0.2, -0.15) is 4.98 Å². The zero-order chi connectivity index (χ0) is 14.7. The molecule has 6 heteroatoms. The lowest BCUT2D eigenvalue weighted by molar-refractivity contribution is -0.0149. The predicted octanol–water partition coefficient (Wildman–Crippen LogP) is 2.71. The normalized spacial score (nSPS) is 22.4. The number of hydrogen-bond donors (Lipinski definition) is 1. The van der Waals surface area contributed by atoms with E-state index < -0.39 is 6.10 Å². The minimum atomic E-state index is -0.476. The van der Waals surface area contributed by atoms with Crippen molar-refractivity contribution in [1.82, 2.24) is 10.1 Å². The maximum absolute atomic E-state index is 9.99. The standard InChI is InChI=1S/C15H18N2O3S/c1-2-21-11-5-3-10(4-6-11)14-16-15(20-17-14)12-9-19-8-7-13(12)18/h3-6,12-13,18H,2,7-9H2,1H3. The number of ether oxygens (including phenoxy) is 1. The smallest absolute Gasteiger partial charge is 0.235 e. The minimum Gasteiger partial charge on any atom is -0.392 e. The highest BCUT2D eigenvalue weighted by atomic mass is 32.2. The molecule has 1 saturated heterocycles. The topological polar surface area (TPSA) is 68.4 Å². The van der Waals surface area contributed by atoms with Gasteiger partial charge in [0.2, 0.25) is 11.7 Å². The fourth-order valence-corrected chi connectivity index (χ4v) is 2.99. The van der Waals surface area contributed by atoms with Crippen LogP contribution in [-0.4, -0.2) is 40.3 Å². The van der Waals surface area contributed by atoms with Gasteiger partial charge in [-0.15, -0.1) is 11.8 Å². The van der Waals surface area contributed by atoms with Crippen LogP contribution in [0.2, 0.25) is 0 Å². The van der Waals surface area contributed by atoms with Crippen LogP contribution < -0.4 is 0 Å². The highest BCUT2D eigenvalue weighted by molar-refractivity contribution is 7.99. The number of aliphatic hydroxyl groups is 1. The molecule has 112 valence electrons. The van der Waals surface area contributed by atoms with Gasteiger partial charge in [0.05, 0.1) is 18.6 Å². The molecule has 0 saturated carbocycles. The quantitative estimate of drug-likeness (QED) is 0.876. The summed E-state index contributed by atoms with van der Waals surface area (Å²) in [6.07, 6.45) is 0.126. The first-order valence-corrected chi connectivity index (χ1v) is 8.09. The third-order valence-electron chi connectivity index (χ3n) is 3.50. The van der Waals surface area contributed by atoms with E-state index in [-0.39, 0.29) is 5.92 Å². The summed E-state index contributed by atoms with van der Waals surface area (Å²) in [5.74, 6) is 1.82. The van der Waals surface area contributed by atoms with Crippen LogP contribution in [-0.2, 0) is 4.74 Å².